The first-order valence-corrected chi connectivity index (χ1v) is 7.44. The lowest BCUT2D eigenvalue weighted by atomic mass is 9.92. The standard InChI is InChI=1S/C14H28N4O2/c1-10(2)8-16-14(20)17-13(19)9-18-5-4-11(3)6-12(18)7-15/h10-12H,4-9,15H2,1-3H3,(H2,16,17,19,20). The zero-order valence-electron chi connectivity index (χ0n) is 12.8. The van der Waals surface area contributed by atoms with Crippen LogP contribution in [-0.4, -0.2) is 49.1 Å². The van der Waals surface area contributed by atoms with Gasteiger partial charge in [0.05, 0.1) is 6.54 Å². The second-order valence-electron chi connectivity index (χ2n) is 6.14. The van der Waals surface area contributed by atoms with Crippen molar-refractivity contribution in [1.29, 1.82) is 0 Å². The first kappa shape index (κ1) is 16.9. The van der Waals surface area contributed by atoms with Gasteiger partial charge in [-0.15, -0.1) is 0 Å². The van der Waals surface area contributed by atoms with Crippen LogP contribution >= 0.6 is 0 Å². The van der Waals surface area contributed by atoms with Crippen LogP contribution in [0.1, 0.15) is 33.6 Å². The predicted molar refractivity (Wildman–Crippen MR) is 79.2 cm³/mol. The molecule has 0 spiro atoms. The second-order valence-corrected chi connectivity index (χ2v) is 6.14. The summed E-state index contributed by atoms with van der Waals surface area (Å²) in [6.07, 6.45) is 2.09. The molecule has 0 saturated carbocycles. The third-order valence-corrected chi connectivity index (χ3v) is 3.64. The zero-order valence-corrected chi connectivity index (χ0v) is 12.8. The Hall–Kier alpha value is -1.14. The molecule has 20 heavy (non-hydrogen) atoms. The molecule has 1 aliphatic heterocycles. The number of hydrogen-bond donors (Lipinski definition) is 3. The minimum Gasteiger partial charge on any atom is -0.338 e. The van der Waals surface area contributed by atoms with Crippen molar-refractivity contribution in [3.63, 3.8) is 0 Å². The number of amides is 3. The minimum absolute atomic E-state index is 0.239. The number of nitrogens with zero attached hydrogens (tertiary/aromatic N) is 1. The van der Waals surface area contributed by atoms with Gasteiger partial charge in [-0.3, -0.25) is 15.0 Å². The first-order valence-electron chi connectivity index (χ1n) is 7.44. The van der Waals surface area contributed by atoms with Gasteiger partial charge in [0.15, 0.2) is 0 Å². The Morgan fingerprint density at radius 1 is 1.40 bits per heavy atom. The molecule has 0 bridgehead atoms. The molecule has 1 saturated heterocycles. The summed E-state index contributed by atoms with van der Waals surface area (Å²) in [6.45, 7) is 8.43. The molecule has 6 heteroatoms. The van der Waals surface area contributed by atoms with Crippen molar-refractivity contribution in [3.05, 3.63) is 0 Å². The molecule has 0 radical (unpaired) electrons. The number of urea groups is 1. The summed E-state index contributed by atoms with van der Waals surface area (Å²) in [7, 11) is 0. The quantitative estimate of drug-likeness (QED) is 0.687. The number of carbonyl (C=O) groups excluding carboxylic acids is 2. The maximum atomic E-state index is 11.9. The molecule has 6 nitrogen and oxygen atoms in total. The lowest BCUT2D eigenvalue weighted by molar-refractivity contribution is -0.122. The Labute approximate surface area is 121 Å². The molecule has 1 aliphatic rings. The van der Waals surface area contributed by atoms with E-state index in [-0.39, 0.29) is 18.5 Å². The Balaban J connectivity index is 2.35. The maximum Gasteiger partial charge on any atom is 0.321 e. The fourth-order valence-electron chi connectivity index (χ4n) is 2.45. The van der Waals surface area contributed by atoms with Crippen molar-refractivity contribution in [2.24, 2.45) is 17.6 Å². The number of nitrogens with one attached hydrogen (secondary N) is 2. The van der Waals surface area contributed by atoms with Gasteiger partial charge in [-0.25, -0.2) is 4.79 Å². The topological polar surface area (TPSA) is 87.5 Å². The zero-order chi connectivity index (χ0) is 15.1. The van der Waals surface area contributed by atoms with E-state index in [0.717, 1.165) is 19.4 Å². The van der Waals surface area contributed by atoms with Crippen LogP contribution in [0.25, 0.3) is 0 Å². The molecule has 0 aromatic rings. The maximum absolute atomic E-state index is 11.9. The summed E-state index contributed by atoms with van der Waals surface area (Å²) in [5, 5.41) is 5.04. The van der Waals surface area contributed by atoms with Crippen LogP contribution in [0, 0.1) is 11.8 Å². The molecular weight excluding hydrogens is 256 g/mol. The number of carbonyl (C=O) groups is 2. The average Bonchev–Trinajstić information content (AvgIpc) is 2.38. The highest BCUT2D eigenvalue weighted by molar-refractivity contribution is 5.95. The van der Waals surface area contributed by atoms with E-state index in [4.69, 9.17) is 5.73 Å². The van der Waals surface area contributed by atoms with Crippen molar-refractivity contribution >= 4 is 11.9 Å². The molecular formula is C14H28N4O2. The fraction of sp³-hybridized carbons (Fsp3) is 0.857. The van der Waals surface area contributed by atoms with E-state index in [1.54, 1.807) is 0 Å². The van der Waals surface area contributed by atoms with Crippen LogP contribution in [0.4, 0.5) is 4.79 Å². The number of piperidine rings is 1. The van der Waals surface area contributed by atoms with Crippen LogP contribution < -0.4 is 16.4 Å². The summed E-state index contributed by atoms with van der Waals surface area (Å²) < 4.78 is 0. The van der Waals surface area contributed by atoms with Gasteiger partial charge in [0, 0.05) is 19.1 Å². The lowest BCUT2D eigenvalue weighted by Crippen LogP contribution is -2.52. The molecule has 2 unspecified atom stereocenters. The Morgan fingerprint density at radius 3 is 2.70 bits per heavy atom. The Kier molecular flexibility index (Phi) is 6.95. The van der Waals surface area contributed by atoms with Gasteiger partial charge in [0.1, 0.15) is 0 Å². The third kappa shape index (κ3) is 5.88. The fourth-order valence-corrected chi connectivity index (χ4v) is 2.45. The lowest BCUT2D eigenvalue weighted by Gasteiger charge is -2.37. The van der Waals surface area contributed by atoms with Crippen molar-refractivity contribution in [3.8, 4) is 0 Å². The minimum atomic E-state index is -0.418. The molecule has 4 N–H and O–H groups in total. The van der Waals surface area contributed by atoms with Gasteiger partial charge in [0.25, 0.3) is 0 Å². The van der Waals surface area contributed by atoms with E-state index in [2.05, 4.69) is 22.5 Å². The third-order valence-electron chi connectivity index (χ3n) is 3.64. The SMILES string of the molecule is CC(C)CNC(=O)NC(=O)CN1CCC(C)CC1CN. The summed E-state index contributed by atoms with van der Waals surface area (Å²) in [6, 6.07) is -0.179. The van der Waals surface area contributed by atoms with Crippen LogP contribution in [0.15, 0.2) is 0 Å². The molecule has 3 amide bonds. The number of nitrogens with two attached hydrogens (primary N) is 1. The van der Waals surface area contributed by atoms with E-state index >= 15 is 0 Å². The number of hydrogen-bond acceptors (Lipinski definition) is 4. The van der Waals surface area contributed by atoms with Crippen LogP contribution in [0.2, 0.25) is 0 Å². The highest BCUT2D eigenvalue weighted by atomic mass is 16.2. The largest absolute Gasteiger partial charge is 0.338 e. The van der Waals surface area contributed by atoms with Crippen LogP contribution in [0.5, 0.6) is 0 Å². The molecule has 1 rings (SSSR count). The van der Waals surface area contributed by atoms with E-state index in [1.165, 1.54) is 0 Å². The van der Waals surface area contributed by atoms with Gasteiger partial charge in [-0.1, -0.05) is 20.8 Å². The highest BCUT2D eigenvalue weighted by Crippen LogP contribution is 2.21. The second kappa shape index (κ2) is 8.21. The number of likely N-dealkylation sites (tertiary alicyclic amines) is 1. The molecule has 0 aromatic carbocycles. The first-order chi connectivity index (χ1) is 9.42. The van der Waals surface area contributed by atoms with E-state index in [0.29, 0.717) is 24.9 Å². The molecule has 2 atom stereocenters. The number of imide groups is 1. The van der Waals surface area contributed by atoms with Crippen molar-refractivity contribution < 1.29 is 9.59 Å². The smallest absolute Gasteiger partial charge is 0.321 e. The molecule has 0 aliphatic carbocycles. The normalized spacial score (nSPS) is 23.6. The highest BCUT2D eigenvalue weighted by Gasteiger charge is 2.26. The molecule has 0 aromatic heterocycles. The Morgan fingerprint density at radius 2 is 2.10 bits per heavy atom. The van der Waals surface area contributed by atoms with E-state index in [9.17, 15) is 9.59 Å². The van der Waals surface area contributed by atoms with E-state index < -0.39 is 6.03 Å². The van der Waals surface area contributed by atoms with Crippen molar-refractivity contribution in [2.75, 3.05) is 26.2 Å². The van der Waals surface area contributed by atoms with E-state index in [1.807, 2.05) is 13.8 Å². The van der Waals surface area contributed by atoms with Crippen LogP contribution in [-0.2, 0) is 4.79 Å². The molecule has 1 heterocycles. The summed E-state index contributed by atoms with van der Waals surface area (Å²) in [5.74, 6) is 0.748. The van der Waals surface area contributed by atoms with Gasteiger partial charge < -0.3 is 11.1 Å². The molecule has 1 fully saturated rings. The summed E-state index contributed by atoms with van der Waals surface area (Å²) >= 11 is 0. The van der Waals surface area contributed by atoms with Gasteiger partial charge in [-0.05, 0) is 31.2 Å². The van der Waals surface area contributed by atoms with Crippen LogP contribution in [0.3, 0.4) is 0 Å². The summed E-state index contributed by atoms with van der Waals surface area (Å²) in [4.78, 5) is 25.4. The predicted octanol–water partition coefficient (Wildman–Crippen LogP) is 0.527. The monoisotopic (exact) mass is 284 g/mol. The molecule has 116 valence electrons. The van der Waals surface area contributed by atoms with Crippen molar-refractivity contribution in [1.82, 2.24) is 15.5 Å². The van der Waals surface area contributed by atoms with Gasteiger partial charge >= 0.3 is 6.03 Å². The number of rotatable bonds is 5. The Bertz CT molecular complexity index is 333. The van der Waals surface area contributed by atoms with Crippen molar-refractivity contribution in [2.45, 2.75) is 39.7 Å². The summed E-state index contributed by atoms with van der Waals surface area (Å²) in [5.41, 5.74) is 5.76. The van der Waals surface area contributed by atoms with Gasteiger partial charge in [0.2, 0.25) is 5.91 Å². The average molecular weight is 284 g/mol. The van der Waals surface area contributed by atoms with Gasteiger partial charge in [-0.2, -0.15) is 0 Å².